The van der Waals surface area contributed by atoms with Crippen LogP contribution in [0.1, 0.15) is 32.1 Å². The summed E-state index contributed by atoms with van der Waals surface area (Å²) in [5.41, 5.74) is 5.41. The molecule has 0 unspecified atom stereocenters. The first-order valence-electron chi connectivity index (χ1n) is 8.41. The number of nitrogens with one attached hydrogen (secondary N) is 1. The lowest BCUT2D eigenvalue weighted by Gasteiger charge is -2.30. The predicted molar refractivity (Wildman–Crippen MR) is 84.1 cm³/mol. The third kappa shape index (κ3) is 5.19. The van der Waals surface area contributed by atoms with Crippen molar-refractivity contribution < 1.29 is 14.3 Å². The second kappa shape index (κ2) is 8.85. The van der Waals surface area contributed by atoms with Crippen molar-refractivity contribution in [2.45, 2.75) is 38.1 Å². The van der Waals surface area contributed by atoms with E-state index in [9.17, 15) is 14.9 Å². The van der Waals surface area contributed by atoms with Crippen molar-refractivity contribution in [3.05, 3.63) is 0 Å². The van der Waals surface area contributed by atoms with Crippen molar-refractivity contribution in [2.75, 3.05) is 32.8 Å². The minimum Gasteiger partial charge on any atom is -0.379 e. The molecule has 7 heteroatoms. The van der Waals surface area contributed by atoms with Crippen molar-refractivity contribution in [2.24, 2.45) is 17.6 Å². The Balaban J connectivity index is 1.83. The third-order valence-electron chi connectivity index (χ3n) is 4.78. The SMILES string of the molecule is N#C[C@H](CCN1CCOCC1)NC(=O)[C@@H]1CCCC[C@@H]1C(N)=O. The van der Waals surface area contributed by atoms with E-state index in [0.717, 1.165) is 32.5 Å². The van der Waals surface area contributed by atoms with Gasteiger partial charge in [0.05, 0.1) is 19.3 Å². The molecule has 0 aromatic heterocycles. The number of primary amides is 1. The van der Waals surface area contributed by atoms with Crippen molar-refractivity contribution in [3.8, 4) is 6.07 Å². The van der Waals surface area contributed by atoms with E-state index in [1.54, 1.807) is 0 Å². The van der Waals surface area contributed by atoms with Gasteiger partial charge in [0.2, 0.25) is 11.8 Å². The maximum absolute atomic E-state index is 12.4. The molecule has 1 saturated carbocycles. The Morgan fingerprint density at radius 1 is 1.26 bits per heavy atom. The Bertz CT molecular complexity index is 457. The van der Waals surface area contributed by atoms with Gasteiger partial charge in [0.15, 0.2) is 0 Å². The van der Waals surface area contributed by atoms with Gasteiger partial charge in [-0.1, -0.05) is 12.8 Å². The molecule has 7 nitrogen and oxygen atoms in total. The van der Waals surface area contributed by atoms with Gasteiger partial charge in [0.1, 0.15) is 6.04 Å². The lowest BCUT2D eigenvalue weighted by Crippen LogP contribution is -2.46. The molecule has 2 aliphatic rings. The van der Waals surface area contributed by atoms with Gasteiger partial charge in [0, 0.05) is 31.5 Å². The average molecular weight is 322 g/mol. The summed E-state index contributed by atoms with van der Waals surface area (Å²) in [6, 6.07) is 1.62. The first kappa shape index (κ1) is 17.7. The lowest BCUT2D eigenvalue weighted by atomic mass is 9.78. The molecule has 2 fully saturated rings. The fraction of sp³-hybridized carbons (Fsp3) is 0.812. The molecule has 1 saturated heterocycles. The van der Waals surface area contributed by atoms with Crippen LogP contribution in [0.4, 0.5) is 0 Å². The minimum absolute atomic E-state index is 0.206. The number of rotatable bonds is 6. The molecule has 23 heavy (non-hydrogen) atoms. The number of hydrogen-bond donors (Lipinski definition) is 2. The van der Waals surface area contributed by atoms with Crippen molar-refractivity contribution in [1.29, 1.82) is 5.26 Å². The van der Waals surface area contributed by atoms with Gasteiger partial charge in [-0.2, -0.15) is 5.26 Å². The summed E-state index contributed by atoms with van der Waals surface area (Å²) in [6.45, 7) is 3.90. The third-order valence-corrected chi connectivity index (χ3v) is 4.78. The average Bonchev–Trinajstić information content (AvgIpc) is 2.59. The maximum Gasteiger partial charge on any atom is 0.224 e. The fourth-order valence-corrected chi connectivity index (χ4v) is 3.37. The highest BCUT2D eigenvalue weighted by atomic mass is 16.5. The van der Waals surface area contributed by atoms with E-state index in [-0.39, 0.29) is 11.8 Å². The van der Waals surface area contributed by atoms with Crippen LogP contribution in [-0.4, -0.2) is 55.6 Å². The molecule has 1 aliphatic heterocycles. The lowest BCUT2D eigenvalue weighted by molar-refractivity contribution is -0.135. The van der Waals surface area contributed by atoms with Crippen LogP contribution in [0.5, 0.6) is 0 Å². The molecule has 3 N–H and O–H groups in total. The minimum atomic E-state index is -0.527. The molecule has 2 rings (SSSR count). The number of amides is 2. The van der Waals surface area contributed by atoms with Gasteiger partial charge < -0.3 is 15.8 Å². The second-order valence-corrected chi connectivity index (χ2v) is 6.33. The van der Waals surface area contributed by atoms with Gasteiger partial charge in [-0.15, -0.1) is 0 Å². The summed E-state index contributed by atoms with van der Waals surface area (Å²) in [7, 11) is 0. The Morgan fingerprint density at radius 2 is 1.91 bits per heavy atom. The van der Waals surface area contributed by atoms with E-state index in [4.69, 9.17) is 10.5 Å². The normalized spacial score (nSPS) is 26.9. The van der Waals surface area contributed by atoms with Crippen LogP contribution in [-0.2, 0) is 14.3 Å². The molecule has 3 atom stereocenters. The zero-order valence-electron chi connectivity index (χ0n) is 13.5. The molecule has 0 aromatic carbocycles. The van der Waals surface area contributed by atoms with Crippen LogP contribution in [0.15, 0.2) is 0 Å². The molecule has 1 heterocycles. The van der Waals surface area contributed by atoms with E-state index >= 15 is 0 Å². The van der Waals surface area contributed by atoms with Crippen molar-refractivity contribution >= 4 is 11.8 Å². The molecular weight excluding hydrogens is 296 g/mol. The number of nitrogens with zero attached hydrogens (tertiary/aromatic N) is 2. The standard InChI is InChI=1S/C16H26N4O3/c17-11-12(5-6-20-7-9-23-10-8-20)19-16(22)14-4-2-1-3-13(14)15(18)21/h12-14H,1-10H2,(H2,18,21)(H,19,22)/t12-,13-,14+/m0/s1. The smallest absolute Gasteiger partial charge is 0.224 e. The highest BCUT2D eigenvalue weighted by Gasteiger charge is 2.35. The zero-order chi connectivity index (χ0) is 16.7. The summed E-state index contributed by atoms with van der Waals surface area (Å²) in [5.74, 6) is -1.41. The summed E-state index contributed by atoms with van der Waals surface area (Å²) in [5, 5.41) is 12.1. The Kier molecular flexibility index (Phi) is 6.81. The Labute approximate surface area is 137 Å². The van der Waals surface area contributed by atoms with Gasteiger partial charge in [-0.25, -0.2) is 0 Å². The number of hydrogen-bond acceptors (Lipinski definition) is 5. The Hall–Kier alpha value is -1.65. The summed E-state index contributed by atoms with van der Waals surface area (Å²) >= 11 is 0. The topological polar surface area (TPSA) is 108 Å². The van der Waals surface area contributed by atoms with E-state index in [2.05, 4.69) is 16.3 Å². The van der Waals surface area contributed by atoms with Crippen LogP contribution in [0, 0.1) is 23.2 Å². The van der Waals surface area contributed by atoms with E-state index in [1.165, 1.54) is 0 Å². The maximum atomic E-state index is 12.4. The van der Waals surface area contributed by atoms with Gasteiger partial charge in [-0.05, 0) is 19.3 Å². The number of nitriles is 1. The molecule has 0 bridgehead atoms. The number of morpholine rings is 1. The van der Waals surface area contributed by atoms with E-state index in [0.29, 0.717) is 32.5 Å². The second-order valence-electron chi connectivity index (χ2n) is 6.33. The van der Waals surface area contributed by atoms with Crippen LogP contribution < -0.4 is 11.1 Å². The summed E-state index contributed by atoms with van der Waals surface area (Å²) in [4.78, 5) is 26.2. The summed E-state index contributed by atoms with van der Waals surface area (Å²) in [6.07, 6.45) is 3.76. The number of carbonyl (C=O) groups excluding carboxylic acids is 2. The monoisotopic (exact) mass is 322 g/mol. The molecule has 128 valence electrons. The molecule has 0 spiro atoms. The quantitative estimate of drug-likeness (QED) is 0.716. The largest absolute Gasteiger partial charge is 0.379 e. The van der Waals surface area contributed by atoms with Crippen LogP contribution in [0.2, 0.25) is 0 Å². The number of nitrogens with two attached hydrogens (primary N) is 1. The molecule has 2 amide bonds. The number of ether oxygens (including phenoxy) is 1. The van der Waals surface area contributed by atoms with Crippen molar-refractivity contribution in [1.82, 2.24) is 10.2 Å². The van der Waals surface area contributed by atoms with Crippen LogP contribution >= 0.6 is 0 Å². The molecule has 0 aromatic rings. The number of carbonyl (C=O) groups is 2. The first-order valence-corrected chi connectivity index (χ1v) is 8.41. The highest BCUT2D eigenvalue weighted by molar-refractivity contribution is 5.87. The van der Waals surface area contributed by atoms with Crippen LogP contribution in [0.25, 0.3) is 0 Å². The van der Waals surface area contributed by atoms with Crippen LogP contribution in [0.3, 0.4) is 0 Å². The zero-order valence-corrected chi connectivity index (χ0v) is 13.5. The van der Waals surface area contributed by atoms with E-state index in [1.807, 2.05) is 0 Å². The van der Waals surface area contributed by atoms with E-state index < -0.39 is 17.9 Å². The first-order chi connectivity index (χ1) is 11.1. The van der Waals surface area contributed by atoms with Crippen molar-refractivity contribution in [3.63, 3.8) is 0 Å². The van der Waals surface area contributed by atoms with Gasteiger partial charge in [0.25, 0.3) is 0 Å². The molecule has 0 radical (unpaired) electrons. The summed E-state index contributed by atoms with van der Waals surface area (Å²) < 4.78 is 5.29. The van der Waals surface area contributed by atoms with Gasteiger partial charge >= 0.3 is 0 Å². The molecule has 1 aliphatic carbocycles. The highest BCUT2D eigenvalue weighted by Crippen LogP contribution is 2.30. The molecular formula is C16H26N4O3. The fourth-order valence-electron chi connectivity index (χ4n) is 3.37. The van der Waals surface area contributed by atoms with Gasteiger partial charge in [-0.3, -0.25) is 14.5 Å². The predicted octanol–water partition coefficient (Wildman–Crippen LogP) is 0.00878. The Morgan fingerprint density at radius 3 is 2.52 bits per heavy atom.